The Bertz CT molecular complexity index is 1000. The zero-order chi connectivity index (χ0) is 17.1. The van der Waals surface area contributed by atoms with E-state index in [-0.39, 0.29) is 0 Å². The molecule has 0 amide bonds. The van der Waals surface area contributed by atoms with E-state index in [1.165, 1.54) is 18.2 Å². The molecule has 0 bridgehead atoms. The van der Waals surface area contributed by atoms with Gasteiger partial charge >= 0.3 is 11.6 Å². The van der Waals surface area contributed by atoms with Gasteiger partial charge in [0.2, 0.25) is 0 Å². The van der Waals surface area contributed by atoms with Gasteiger partial charge in [-0.15, -0.1) is 0 Å². The molecule has 0 aliphatic carbocycles. The van der Waals surface area contributed by atoms with Crippen molar-refractivity contribution in [2.45, 2.75) is 6.92 Å². The van der Waals surface area contributed by atoms with Crippen LogP contribution in [0.2, 0.25) is 5.02 Å². The molecule has 0 N–H and O–H groups in total. The Morgan fingerprint density at radius 1 is 1.17 bits per heavy atom. The van der Waals surface area contributed by atoms with Crippen LogP contribution in [-0.2, 0) is 4.79 Å². The molecule has 0 fully saturated rings. The molecule has 0 unspecified atom stereocenters. The zero-order valence-electron chi connectivity index (χ0n) is 12.8. The van der Waals surface area contributed by atoms with E-state index in [4.69, 9.17) is 20.8 Å². The van der Waals surface area contributed by atoms with E-state index < -0.39 is 11.6 Å². The maximum atomic E-state index is 11.9. The lowest BCUT2D eigenvalue weighted by Gasteiger charge is -2.04. The van der Waals surface area contributed by atoms with Crippen LogP contribution in [0.15, 0.2) is 63.8 Å². The summed E-state index contributed by atoms with van der Waals surface area (Å²) in [7, 11) is 0. The standard InChI is InChI=1S/C19H13ClO4/c1-12-10-19(22)24-17-11-14(7-8-15(12)17)23-18(21)9-6-13-4-2-3-5-16(13)20/h2-11H,1H3. The van der Waals surface area contributed by atoms with E-state index in [9.17, 15) is 9.59 Å². The highest BCUT2D eigenvalue weighted by Gasteiger charge is 2.06. The Hall–Kier alpha value is -2.85. The summed E-state index contributed by atoms with van der Waals surface area (Å²) in [4.78, 5) is 23.4. The molecule has 3 aromatic rings. The minimum Gasteiger partial charge on any atom is -0.423 e. The highest BCUT2D eigenvalue weighted by atomic mass is 35.5. The second-order valence-corrected chi connectivity index (χ2v) is 5.59. The van der Waals surface area contributed by atoms with Crippen LogP contribution in [0.5, 0.6) is 5.75 Å². The molecular weight excluding hydrogens is 328 g/mol. The van der Waals surface area contributed by atoms with Crippen LogP contribution in [0.1, 0.15) is 11.1 Å². The van der Waals surface area contributed by atoms with Crippen molar-refractivity contribution in [3.63, 3.8) is 0 Å². The van der Waals surface area contributed by atoms with Crippen LogP contribution in [0.3, 0.4) is 0 Å². The smallest absolute Gasteiger partial charge is 0.336 e. The van der Waals surface area contributed by atoms with Crippen LogP contribution in [0, 0.1) is 6.92 Å². The lowest BCUT2D eigenvalue weighted by molar-refractivity contribution is -0.128. The first-order valence-corrected chi connectivity index (χ1v) is 7.60. The largest absolute Gasteiger partial charge is 0.423 e. The molecule has 3 rings (SSSR count). The minimum atomic E-state index is -0.552. The molecule has 0 aliphatic rings. The van der Waals surface area contributed by atoms with Gasteiger partial charge in [-0.05, 0) is 42.3 Å². The monoisotopic (exact) mass is 340 g/mol. The SMILES string of the molecule is Cc1cc(=O)oc2cc(OC(=O)C=Cc3ccccc3Cl)ccc12. The molecule has 0 radical (unpaired) electrons. The van der Waals surface area contributed by atoms with Crippen molar-refractivity contribution in [3.05, 3.63) is 81.2 Å². The van der Waals surface area contributed by atoms with Crippen LogP contribution in [-0.4, -0.2) is 5.97 Å². The van der Waals surface area contributed by atoms with Gasteiger partial charge in [0.1, 0.15) is 11.3 Å². The molecule has 0 aliphatic heterocycles. The summed E-state index contributed by atoms with van der Waals surface area (Å²) in [5.41, 5.74) is 1.46. The van der Waals surface area contributed by atoms with Crippen molar-refractivity contribution in [2.75, 3.05) is 0 Å². The molecule has 2 aromatic carbocycles. The van der Waals surface area contributed by atoms with Crippen molar-refractivity contribution in [1.29, 1.82) is 0 Å². The average molecular weight is 341 g/mol. The number of carbonyl (C=O) groups excluding carboxylic acids is 1. The van der Waals surface area contributed by atoms with Gasteiger partial charge in [-0.3, -0.25) is 0 Å². The number of ether oxygens (including phenoxy) is 1. The van der Waals surface area contributed by atoms with Gasteiger partial charge in [-0.1, -0.05) is 29.8 Å². The lowest BCUT2D eigenvalue weighted by atomic mass is 10.1. The number of hydrogen-bond acceptors (Lipinski definition) is 4. The number of halogens is 1. The third-order valence-corrected chi connectivity index (χ3v) is 3.79. The highest BCUT2D eigenvalue weighted by molar-refractivity contribution is 6.32. The summed E-state index contributed by atoms with van der Waals surface area (Å²) < 4.78 is 10.4. The maximum Gasteiger partial charge on any atom is 0.336 e. The number of hydrogen-bond donors (Lipinski definition) is 0. The quantitative estimate of drug-likeness (QED) is 0.307. The Morgan fingerprint density at radius 2 is 1.96 bits per heavy atom. The van der Waals surface area contributed by atoms with E-state index in [2.05, 4.69) is 0 Å². The molecule has 0 spiro atoms. The summed E-state index contributed by atoms with van der Waals surface area (Å²) in [6.07, 6.45) is 2.87. The fraction of sp³-hybridized carbons (Fsp3) is 0.0526. The molecular formula is C19H13ClO4. The lowest BCUT2D eigenvalue weighted by Crippen LogP contribution is -2.04. The Labute approximate surface area is 142 Å². The van der Waals surface area contributed by atoms with E-state index in [0.717, 1.165) is 16.5 Å². The van der Waals surface area contributed by atoms with Gasteiger partial charge in [-0.2, -0.15) is 0 Å². The fourth-order valence-corrected chi connectivity index (χ4v) is 2.49. The van der Waals surface area contributed by atoms with E-state index in [1.54, 1.807) is 30.3 Å². The first-order valence-electron chi connectivity index (χ1n) is 7.22. The first-order chi connectivity index (χ1) is 11.5. The Kier molecular flexibility index (Phi) is 4.49. The molecule has 0 saturated carbocycles. The molecule has 1 aromatic heterocycles. The maximum absolute atomic E-state index is 11.9. The third-order valence-electron chi connectivity index (χ3n) is 3.45. The molecule has 5 heteroatoms. The van der Waals surface area contributed by atoms with Crippen LogP contribution >= 0.6 is 11.6 Å². The van der Waals surface area contributed by atoms with Crippen molar-refractivity contribution >= 4 is 34.6 Å². The number of benzene rings is 2. The van der Waals surface area contributed by atoms with E-state index in [0.29, 0.717) is 16.4 Å². The van der Waals surface area contributed by atoms with Gasteiger partial charge in [0.05, 0.1) is 0 Å². The van der Waals surface area contributed by atoms with Crippen molar-refractivity contribution in [3.8, 4) is 5.75 Å². The minimum absolute atomic E-state index is 0.296. The number of carbonyl (C=O) groups is 1. The van der Waals surface area contributed by atoms with Crippen LogP contribution < -0.4 is 10.4 Å². The number of aryl methyl sites for hydroxylation is 1. The predicted molar refractivity (Wildman–Crippen MR) is 93.3 cm³/mol. The molecule has 1 heterocycles. The fourth-order valence-electron chi connectivity index (χ4n) is 2.29. The second kappa shape index (κ2) is 6.72. The molecule has 0 saturated heterocycles. The molecule has 120 valence electrons. The molecule has 4 nitrogen and oxygen atoms in total. The summed E-state index contributed by atoms with van der Waals surface area (Å²) in [5, 5.41) is 1.34. The second-order valence-electron chi connectivity index (χ2n) is 5.18. The normalized spacial score (nSPS) is 11.1. The van der Waals surface area contributed by atoms with Gasteiger partial charge in [0, 0.05) is 28.6 Å². The molecule has 0 atom stereocenters. The summed E-state index contributed by atoms with van der Waals surface area (Å²) in [6.45, 7) is 1.82. The van der Waals surface area contributed by atoms with Crippen molar-refractivity contribution in [2.24, 2.45) is 0 Å². The van der Waals surface area contributed by atoms with Crippen molar-refractivity contribution < 1.29 is 13.9 Å². The predicted octanol–water partition coefficient (Wildman–Crippen LogP) is 4.37. The van der Waals surface area contributed by atoms with Crippen molar-refractivity contribution in [1.82, 2.24) is 0 Å². The Morgan fingerprint density at radius 3 is 2.75 bits per heavy atom. The zero-order valence-corrected chi connectivity index (χ0v) is 13.5. The van der Waals surface area contributed by atoms with E-state index >= 15 is 0 Å². The Balaban J connectivity index is 1.81. The summed E-state index contributed by atoms with van der Waals surface area (Å²) >= 11 is 6.02. The van der Waals surface area contributed by atoms with Gasteiger partial charge in [0.25, 0.3) is 0 Å². The van der Waals surface area contributed by atoms with Gasteiger partial charge in [0.15, 0.2) is 0 Å². The summed E-state index contributed by atoms with van der Waals surface area (Å²) in [6, 6.07) is 13.5. The van der Waals surface area contributed by atoms with Crippen LogP contribution in [0.4, 0.5) is 0 Å². The summed E-state index contributed by atoms with van der Waals surface area (Å²) in [5.74, 6) is -0.255. The molecule has 24 heavy (non-hydrogen) atoms. The third kappa shape index (κ3) is 3.55. The van der Waals surface area contributed by atoms with E-state index in [1.807, 2.05) is 19.1 Å². The topological polar surface area (TPSA) is 56.5 Å². The van der Waals surface area contributed by atoms with Gasteiger partial charge in [-0.25, -0.2) is 9.59 Å². The first kappa shape index (κ1) is 16.0. The number of esters is 1. The number of fused-ring (bicyclic) bond motifs is 1. The number of rotatable bonds is 3. The highest BCUT2D eigenvalue weighted by Crippen LogP contribution is 2.22. The van der Waals surface area contributed by atoms with Crippen LogP contribution in [0.25, 0.3) is 17.0 Å². The average Bonchev–Trinajstić information content (AvgIpc) is 2.53. The van der Waals surface area contributed by atoms with Gasteiger partial charge < -0.3 is 9.15 Å².